The third-order valence-corrected chi connectivity index (χ3v) is 5.23. The maximum Gasteiger partial charge on any atom is 0.258 e. The number of nitrogens with two attached hydrogens (primary N) is 1. The molecule has 116 valence electrons. The molecule has 0 aliphatic heterocycles. The molecule has 2 aliphatic carbocycles. The van der Waals surface area contributed by atoms with E-state index < -0.39 is 5.60 Å². The Bertz CT molecular complexity index is 535. The molecule has 1 heterocycles. The van der Waals surface area contributed by atoms with Crippen LogP contribution in [0.15, 0.2) is 0 Å². The van der Waals surface area contributed by atoms with Gasteiger partial charge in [0.2, 0.25) is 0 Å². The van der Waals surface area contributed by atoms with Crippen LogP contribution in [0.3, 0.4) is 0 Å². The molecule has 0 radical (unpaired) electrons. The largest absolute Gasteiger partial charge is 0.388 e. The van der Waals surface area contributed by atoms with Crippen LogP contribution in [0, 0.1) is 0 Å². The Morgan fingerprint density at radius 2 is 2.19 bits per heavy atom. The molecule has 2 saturated carbocycles. The molecule has 6 nitrogen and oxygen atoms in total. The Balaban J connectivity index is 1.76. The number of nitrogens with one attached hydrogen (secondary N) is 1. The van der Waals surface area contributed by atoms with Crippen LogP contribution in [0.2, 0.25) is 0 Å². The standard InChI is InChI=1S/C14H22N4O2S/c1-18(8-14(20)6-2-3-7-14)13-10(11(15)17-21-13)12(19)16-9-4-5-9/h9,20H,2-8H2,1H3,(H2,15,17)(H,16,19). The highest BCUT2D eigenvalue weighted by Gasteiger charge is 2.34. The lowest BCUT2D eigenvalue weighted by molar-refractivity contribution is 0.0559. The van der Waals surface area contributed by atoms with E-state index in [0.29, 0.717) is 12.1 Å². The lowest BCUT2D eigenvalue weighted by Gasteiger charge is -2.29. The molecular weight excluding hydrogens is 288 g/mol. The molecule has 0 unspecified atom stereocenters. The van der Waals surface area contributed by atoms with E-state index in [1.807, 2.05) is 11.9 Å². The monoisotopic (exact) mass is 310 g/mol. The zero-order valence-electron chi connectivity index (χ0n) is 12.3. The molecule has 4 N–H and O–H groups in total. The number of likely N-dealkylation sites (N-methyl/N-ethyl adjacent to an activating group) is 1. The van der Waals surface area contributed by atoms with Crippen molar-refractivity contribution in [2.24, 2.45) is 0 Å². The van der Waals surface area contributed by atoms with Gasteiger partial charge in [-0.15, -0.1) is 0 Å². The number of nitrogens with zero attached hydrogens (tertiary/aromatic N) is 2. The highest BCUT2D eigenvalue weighted by molar-refractivity contribution is 7.11. The second-order valence-electron chi connectivity index (χ2n) is 6.28. The van der Waals surface area contributed by atoms with Gasteiger partial charge in [0.25, 0.3) is 5.91 Å². The fraction of sp³-hybridized carbons (Fsp3) is 0.714. The van der Waals surface area contributed by atoms with Crippen molar-refractivity contribution < 1.29 is 9.90 Å². The average Bonchev–Trinajstić information content (AvgIpc) is 2.98. The second-order valence-corrected chi connectivity index (χ2v) is 7.04. The van der Waals surface area contributed by atoms with Crippen molar-refractivity contribution in [3.05, 3.63) is 5.56 Å². The number of amides is 1. The summed E-state index contributed by atoms with van der Waals surface area (Å²) in [5.41, 5.74) is 5.67. The fourth-order valence-electron chi connectivity index (χ4n) is 2.96. The summed E-state index contributed by atoms with van der Waals surface area (Å²) < 4.78 is 4.12. The molecule has 0 aromatic carbocycles. The smallest absolute Gasteiger partial charge is 0.258 e. The average molecular weight is 310 g/mol. The van der Waals surface area contributed by atoms with Gasteiger partial charge in [0.15, 0.2) is 5.82 Å². The summed E-state index contributed by atoms with van der Waals surface area (Å²) >= 11 is 1.22. The number of nitrogen functional groups attached to an aromatic ring is 1. The van der Waals surface area contributed by atoms with Crippen molar-refractivity contribution in [2.45, 2.75) is 50.2 Å². The lowest BCUT2D eigenvalue weighted by atomic mass is 10.0. The van der Waals surface area contributed by atoms with Crippen LogP contribution in [0.25, 0.3) is 0 Å². The van der Waals surface area contributed by atoms with Crippen molar-refractivity contribution in [3.63, 3.8) is 0 Å². The van der Waals surface area contributed by atoms with Crippen LogP contribution in [0.1, 0.15) is 48.9 Å². The Morgan fingerprint density at radius 3 is 2.81 bits per heavy atom. The van der Waals surface area contributed by atoms with Crippen molar-refractivity contribution in [2.75, 3.05) is 24.2 Å². The van der Waals surface area contributed by atoms with Crippen LogP contribution >= 0.6 is 11.5 Å². The topological polar surface area (TPSA) is 91.5 Å². The van der Waals surface area contributed by atoms with Crippen LogP contribution in [0.4, 0.5) is 10.8 Å². The highest BCUT2D eigenvalue weighted by Crippen LogP contribution is 2.35. The fourth-order valence-corrected chi connectivity index (χ4v) is 3.73. The minimum Gasteiger partial charge on any atom is -0.388 e. The first-order valence-corrected chi connectivity index (χ1v) is 8.25. The van der Waals surface area contributed by atoms with Crippen LogP contribution in [-0.2, 0) is 0 Å². The Labute approximate surface area is 128 Å². The molecule has 0 spiro atoms. The van der Waals surface area contributed by atoms with E-state index in [1.54, 1.807) is 0 Å². The van der Waals surface area contributed by atoms with Crippen LogP contribution in [0.5, 0.6) is 0 Å². The second kappa shape index (κ2) is 5.46. The number of anilines is 2. The Kier molecular flexibility index (Phi) is 3.79. The van der Waals surface area contributed by atoms with Crippen molar-refractivity contribution in [1.29, 1.82) is 0 Å². The number of carbonyl (C=O) groups is 1. The lowest BCUT2D eigenvalue weighted by Crippen LogP contribution is -2.39. The van der Waals surface area contributed by atoms with E-state index >= 15 is 0 Å². The molecule has 2 aliphatic rings. The van der Waals surface area contributed by atoms with Gasteiger partial charge in [-0.05, 0) is 37.2 Å². The van der Waals surface area contributed by atoms with E-state index in [0.717, 1.165) is 43.5 Å². The molecular formula is C14H22N4O2S. The van der Waals surface area contributed by atoms with Crippen molar-refractivity contribution in [3.8, 4) is 0 Å². The van der Waals surface area contributed by atoms with Gasteiger partial charge in [0.1, 0.15) is 10.6 Å². The van der Waals surface area contributed by atoms with Gasteiger partial charge in [0.05, 0.1) is 5.60 Å². The van der Waals surface area contributed by atoms with E-state index in [1.165, 1.54) is 11.5 Å². The molecule has 1 aromatic rings. The predicted octanol–water partition coefficient (Wildman–Crippen LogP) is 1.36. The predicted molar refractivity (Wildman–Crippen MR) is 83.7 cm³/mol. The summed E-state index contributed by atoms with van der Waals surface area (Å²) in [6, 6.07) is 0.286. The molecule has 1 aromatic heterocycles. The summed E-state index contributed by atoms with van der Waals surface area (Å²) in [6.45, 7) is 0.512. The molecule has 0 saturated heterocycles. The van der Waals surface area contributed by atoms with E-state index in [-0.39, 0.29) is 17.8 Å². The van der Waals surface area contributed by atoms with Crippen LogP contribution < -0.4 is 16.0 Å². The summed E-state index contributed by atoms with van der Waals surface area (Å²) in [4.78, 5) is 14.2. The summed E-state index contributed by atoms with van der Waals surface area (Å²) in [6.07, 6.45) is 5.82. The number of rotatable bonds is 5. The zero-order valence-corrected chi connectivity index (χ0v) is 13.1. The van der Waals surface area contributed by atoms with Crippen LogP contribution in [-0.4, -0.2) is 40.6 Å². The van der Waals surface area contributed by atoms with Crippen molar-refractivity contribution >= 4 is 28.3 Å². The van der Waals surface area contributed by atoms with E-state index in [9.17, 15) is 9.90 Å². The molecule has 21 heavy (non-hydrogen) atoms. The molecule has 2 fully saturated rings. The Morgan fingerprint density at radius 1 is 1.52 bits per heavy atom. The molecule has 0 bridgehead atoms. The van der Waals surface area contributed by atoms with Gasteiger partial charge in [0, 0.05) is 19.6 Å². The van der Waals surface area contributed by atoms with Gasteiger partial charge in [-0.1, -0.05) is 12.8 Å². The molecule has 3 rings (SSSR count). The number of hydrogen-bond donors (Lipinski definition) is 3. The van der Waals surface area contributed by atoms with Gasteiger partial charge >= 0.3 is 0 Å². The normalized spacial score (nSPS) is 20.5. The Hall–Kier alpha value is -1.34. The van der Waals surface area contributed by atoms with Crippen molar-refractivity contribution in [1.82, 2.24) is 9.69 Å². The first-order chi connectivity index (χ1) is 9.98. The maximum absolute atomic E-state index is 12.3. The number of aliphatic hydroxyl groups is 1. The van der Waals surface area contributed by atoms with Gasteiger partial charge in [-0.3, -0.25) is 4.79 Å². The first kappa shape index (κ1) is 14.6. The molecule has 7 heteroatoms. The summed E-state index contributed by atoms with van der Waals surface area (Å²) in [7, 11) is 1.89. The molecule has 1 amide bonds. The number of aromatic nitrogens is 1. The SMILES string of the molecule is CN(CC1(O)CCCC1)c1snc(N)c1C(=O)NC1CC1. The van der Waals surface area contributed by atoms with E-state index in [2.05, 4.69) is 9.69 Å². The minimum atomic E-state index is -0.655. The molecule has 0 atom stereocenters. The zero-order chi connectivity index (χ0) is 15.0. The van der Waals surface area contributed by atoms with E-state index in [4.69, 9.17) is 5.73 Å². The highest BCUT2D eigenvalue weighted by atomic mass is 32.1. The maximum atomic E-state index is 12.3. The van der Waals surface area contributed by atoms with Gasteiger partial charge in [-0.25, -0.2) is 0 Å². The first-order valence-electron chi connectivity index (χ1n) is 7.48. The van der Waals surface area contributed by atoms with Gasteiger partial charge in [-0.2, -0.15) is 4.37 Å². The third-order valence-electron chi connectivity index (χ3n) is 4.25. The van der Waals surface area contributed by atoms with Gasteiger partial charge < -0.3 is 21.1 Å². The summed E-state index contributed by atoms with van der Waals surface area (Å²) in [5.74, 6) is 0.127. The summed E-state index contributed by atoms with van der Waals surface area (Å²) in [5, 5.41) is 14.2. The number of hydrogen-bond acceptors (Lipinski definition) is 6. The quantitative estimate of drug-likeness (QED) is 0.764. The third kappa shape index (κ3) is 3.13. The number of carbonyl (C=O) groups excluding carboxylic acids is 1. The minimum absolute atomic E-state index is 0.149.